The number of H-pyrrole nitrogens is 8. The maximum Gasteiger partial charge on any atom is 0.227 e. The number of unbranched alkanes of at least 4 members (excludes halogenated alkanes) is 1. The highest BCUT2D eigenvalue weighted by Crippen LogP contribution is 2.43. The van der Waals surface area contributed by atoms with Gasteiger partial charge in [0.05, 0.1) is 164 Å². The van der Waals surface area contributed by atoms with E-state index in [0.29, 0.717) is 41.1 Å². The van der Waals surface area contributed by atoms with Gasteiger partial charge in [0.25, 0.3) is 0 Å². The maximum absolute atomic E-state index is 12.6. The molecule has 4 amide bonds. The molecule has 20 heterocycles. The number of rotatable bonds is 22. The number of piperidine rings is 4. The van der Waals surface area contributed by atoms with E-state index in [4.69, 9.17) is 19.9 Å². The van der Waals surface area contributed by atoms with Crippen molar-refractivity contribution >= 4 is 157 Å². The van der Waals surface area contributed by atoms with E-state index >= 15 is 0 Å². The highest BCUT2D eigenvalue weighted by Gasteiger charge is 2.32. The van der Waals surface area contributed by atoms with Crippen molar-refractivity contribution < 1.29 is 19.2 Å². The normalized spacial score (nSPS) is 15.7. The molecule has 148 heavy (non-hydrogen) atoms. The number of carbonyl (C=O) groups is 4. The minimum Gasteiger partial charge on any atom is -0.368 e. The monoisotopic (exact) mass is 1970 g/mol. The molecule has 4 aliphatic heterocycles. The molecule has 20 aromatic rings. The van der Waals surface area contributed by atoms with Gasteiger partial charge >= 0.3 is 0 Å². The van der Waals surface area contributed by atoms with E-state index in [9.17, 15) is 19.2 Å². The predicted octanol–water partition coefficient (Wildman–Crippen LogP) is 21.6. The van der Waals surface area contributed by atoms with Crippen LogP contribution in [0.3, 0.4) is 0 Å². The molecule has 3 saturated carbocycles. The molecule has 0 radical (unpaired) electrons. The first-order chi connectivity index (χ1) is 72.9. The summed E-state index contributed by atoms with van der Waals surface area (Å²) in [4.78, 5) is 128. The average Bonchev–Trinajstić information content (AvgIpc) is 1.62. The number of fused-ring (bicyclic) bond motifs is 8. The number of benzene rings is 4. The minimum absolute atomic E-state index is 0.0108. The Bertz CT molecular complexity index is 8310. The molecule has 7 aliphatic rings. The quantitative estimate of drug-likeness (QED) is 0.0300. The summed E-state index contributed by atoms with van der Waals surface area (Å²) in [7, 11) is 0. The SMILES string of the molecule is CCCCC(=O)Nc1cncc(-c2ccc3[nH]nc(-c4nc5c(N6CCCCC6)cncc5[nH]4)c3c2)c1.O=C(Nc1cncc(-c2ccc3[nH]nc(-c4nc5c(N6CCCCC6)cncc5[nH]4)c3c2)c1)C1CC1.O=C(Nc1cncc(-c2ccc3[nH]nc(-c4nc5c(N6CCCCC6)cncc5[nH]4)c3c2)c1)C1CCC1.O=C(Nc1cncc(-c2ccc3[nH]nc(-c4nc5c(N6CCCCC6)cncc5[nH]4)c3c2)c1)C1CCCC1. The molecule has 16 aromatic heterocycles. The van der Waals surface area contributed by atoms with Crippen molar-refractivity contribution in [2.45, 2.75) is 161 Å². The van der Waals surface area contributed by atoms with Crippen LogP contribution >= 0.6 is 0 Å². The molecule has 4 saturated heterocycles. The molecule has 12 N–H and O–H groups in total. The maximum atomic E-state index is 12.6. The Morgan fingerprint density at radius 2 is 0.541 bits per heavy atom. The fraction of sp³-hybridized carbons (Fsp3) is 0.321. The molecule has 36 heteroatoms. The van der Waals surface area contributed by atoms with Crippen LogP contribution in [0.25, 0.3) is 178 Å². The average molecular weight is 1970 g/mol. The minimum atomic E-state index is 0.0108. The summed E-state index contributed by atoms with van der Waals surface area (Å²) in [6, 6.07) is 32.5. The van der Waals surface area contributed by atoms with Crippen molar-refractivity contribution in [3.63, 3.8) is 0 Å². The summed E-state index contributed by atoms with van der Waals surface area (Å²) in [6.07, 6.45) is 55.2. The van der Waals surface area contributed by atoms with Crippen LogP contribution in [0.4, 0.5) is 45.5 Å². The predicted molar refractivity (Wildman–Crippen MR) is 579 cm³/mol. The standard InChI is InChI=1S/C29H30N8O.C28H28N8O.C28H30N8O.C27H26N8O/c38-29(18-6-2-3-7-18)32-21-12-20(14-30-15-21)19-8-9-23-22(13-19)26(36-35-23)28-33-24-16-31-17-25(27(24)34-28)37-10-4-1-5-11-37;37-28(17-5-4-6-17)31-20-11-19(13-29-14-20)18-7-8-22-21(12-18)25(35-34-22)27-32-23-15-30-16-24(26(23)33-27)36-9-2-1-3-10-36;1-2-3-7-25(37)31-20-12-19(14-29-15-20)18-8-9-22-21(13-18)26(35-34-22)28-32-23-16-30-17-24(27(23)33-28)36-10-5-4-6-11-36;36-27(16-4-5-16)30-19-10-18(12-28-13-19)17-6-7-21-20(11-17)24(34-33-21)26-31-22-14-29-15-23(25(22)32-26)35-8-2-1-3-9-35/h8-9,12-18H,1-7,10-11H2,(H,32,38)(H,33,34)(H,35,36);7-8,11-17H,1-6,9-10H2,(H,31,37)(H,32,33)(H,34,35);8-9,12-17H,2-7,10-11H2,1H3,(H,31,37)(H,32,33)(H,34,35);6-7,10-16H,1-5,8-9H2,(H,30,36)(H,31,32)(H,33,34). The molecular formula is C112H114N32O4. The molecule has 3 aliphatic carbocycles. The topological polar surface area (TPSA) is 462 Å². The van der Waals surface area contributed by atoms with Crippen LogP contribution in [0.2, 0.25) is 0 Å². The van der Waals surface area contributed by atoms with Gasteiger partial charge in [-0.15, -0.1) is 0 Å². The fourth-order valence-corrected chi connectivity index (χ4v) is 21.2. The van der Waals surface area contributed by atoms with Crippen LogP contribution in [0.1, 0.15) is 161 Å². The van der Waals surface area contributed by atoms with Gasteiger partial charge in [-0.25, -0.2) is 19.9 Å². The van der Waals surface area contributed by atoms with Crippen LogP contribution in [0.15, 0.2) is 196 Å². The highest BCUT2D eigenvalue weighted by atomic mass is 16.2. The Kier molecular flexibility index (Phi) is 26.2. The lowest BCUT2D eigenvalue weighted by Crippen LogP contribution is -2.29. The lowest BCUT2D eigenvalue weighted by atomic mass is 9.85. The Morgan fingerprint density at radius 1 is 0.277 bits per heavy atom. The fourth-order valence-electron chi connectivity index (χ4n) is 21.2. The third-order valence-electron chi connectivity index (χ3n) is 29.7. The Balaban J connectivity index is 0.000000105. The largest absolute Gasteiger partial charge is 0.368 e. The van der Waals surface area contributed by atoms with Crippen molar-refractivity contribution in [3.8, 4) is 90.6 Å². The molecule has 0 atom stereocenters. The first-order valence-corrected chi connectivity index (χ1v) is 52.2. The molecule has 7 fully saturated rings. The number of carbonyl (C=O) groups excluding carboxylic acids is 4. The third-order valence-corrected chi connectivity index (χ3v) is 29.7. The Morgan fingerprint density at radius 3 is 0.804 bits per heavy atom. The van der Waals surface area contributed by atoms with Crippen molar-refractivity contribution in [1.29, 1.82) is 0 Å². The second-order valence-corrected chi connectivity index (χ2v) is 39.9. The van der Waals surface area contributed by atoms with Crippen LogP contribution in [0.5, 0.6) is 0 Å². The van der Waals surface area contributed by atoms with Crippen LogP contribution in [-0.4, -0.2) is 197 Å². The number of amides is 4. The van der Waals surface area contributed by atoms with Gasteiger partial charge in [-0.1, -0.05) is 56.9 Å². The van der Waals surface area contributed by atoms with Crippen molar-refractivity contribution in [2.75, 3.05) is 93.2 Å². The number of hydrogen-bond donors (Lipinski definition) is 12. The van der Waals surface area contributed by atoms with Crippen molar-refractivity contribution in [3.05, 3.63) is 196 Å². The van der Waals surface area contributed by atoms with Gasteiger partial charge in [0.1, 0.15) is 44.8 Å². The van der Waals surface area contributed by atoms with E-state index in [0.717, 1.165) is 312 Å². The molecule has 36 nitrogen and oxygen atoms in total. The van der Waals surface area contributed by atoms with E-state index in [1.807, 2.05) is 141 Å². The molecule has 27 rings (SSSR count). The van der Waals surface area contributed by atoms with E-state index in [2.05, 4.69) is 173 Å². The second kappa shape index (κ2) is 41.6. The smallest absolute Gasteiger partial charge is 0.227 e. The van der Waals surface area contributed by atoms with Gasteiger partial charge in [0.15, 0.2) is 23.3 Å². The molecular weight excluding hydrogens is 1860 g/mol. The lowest BCUT2D eigenvalue weighted by Gasteiger charge is -2.28. The van der Waals surface area contributed by atoms with Gasteiger partial charge < -0.3 is 60.8 Å². The zero-order valence-electron chi connectivity index (χ0n) is 82.4. The number of nitrogens with zero attached hydrogens (tertiary/aromatic N) is 20. The first kappa shape index (κ1) is 93.3. The van der Waals surface area contributed by atoms with Crippen LogP contribution in [-0.2, 0) is 19.2 Å². The lowest BCUT2D eigenvalue weighted by molar-refractivity contribution is -0.122. The number of hydrogen-bond acceptors (Lipinski definition) is 24. The zero-order chi connectivity index (χ0) is 99.5. The number of pyridine rings is 8. The van der Waals surface area contributed by atoms with E-state index < -0.39 is 0 Å². The Hall–Kier alpha value is -17.1. The summed E-state index contributed by atoms with van der Waals surface area (Å²) in [5.41, 5.74) is 28.9. The van der Waals surface area contributed by atoms with Gasteiger partial charge in [0.2, 0.25) is 23.6 Å². The summed E-state index contributed by atoms with van der Waals surface area (Å²) < 4.78 is 0. The molecule has 4 aromatic carbocycles. The van der Waals surface area contributed by atoms with Gasteiger partial charge in [0, 0.05) is 145 Å². The number of aromatic amines is 8. The number of imidazole rings is 4. The van der Waals surface area contributed by atoms with E-state index in [-0.39, 0.29) is 41.4 Å². The number of aromatic nitrogens is 24. The van der Waals surface area contributed by atoms with Gasteiger partial charge in [-0.2, -0.15) is 20.4 Å². The molecule has 0 unspecified atom stereocenters. The Labute approximate surface area is 850 Å². The van der Waals surface area contributed by atoms with Crippen LogP contribution in [0, 0.1) is 17.8 Å². The molecule has 0 spiro atoms. The van der Waals surface area contributed by atoms with Crippen LogP contribution < -0.4 is 40.9 Å². The number of nitrogens with one attached hydrogen (secondary N) is 12. The second-order valence-electron chi connectivity index (χ2n) is 39.9. The van der Waals surface area contributed by atoms with Gasteiger partial charge in [-0.05, 0) is 217 Å². The number of anilines is 8. The third kappa shape index (κ3) is 19.7. The first-order valence-electron chi connectivity index (χ1n) is 52.2. The summed E-state index contributed by atoms with van der Waals surface area (Å²) in [5, 5.41) is 46.9. The molecule has 746 valence electrons. The van der Waals surface area contributed by atoms with Crippen molar-refractivity contribution in [2.24, 2.45) is 17.8 Å². The molecule has 0 bridgehead atoms. The zero-order valence-corrected chi connectivity index (χ0v) is 82.4. The van der Waals surface area contributed by atoms with E-state index in [1.54, 1.807) is 31.0 Å². The highest BCUT2D eigenvalue weighted by molar-refractivity contribution is 6.04. The summed E-state index contributed by atoms with van der Waals surface area (Å²) in [6.45, 7) is 10.3. The van der Waals surface area contributed by atoms with E-state index in [1.165, 1.54) is 77.0 Å². The summed E-state index contributed by atoms with van der Waals surface area (Å²) in [5.74, 6) is 3.49. The summed E-state index contributed by atoms with van der Waals surface area (Å²) >= 11 is 0. The van der Waals surface area contributed by atoms with Gasteiger partial charge in [-0.3, -0.25) is 79.4 Å². The van der Waals surface area contributed by atoms with Crippen molar-refractivity contribution in [1.82, 2.24) is 121 Å².